The molecule has 0 radical (unpaired) electrons. The van der Waals surface area contributed by atoms with Crippen LogP contribution in [0.1, 0.15) is 25.3 Å². The van der Waals surface area contributed by atoms with Gasteiger partial charge in [0.25, 0.3) is 0 Å². The number of anilines is 1. The topological polar surface area (TPSA) is 75.2 Å². The Labute approximate surface area is 126 Å². The summed E-state index contributed by atoms with van der Waals surface area (Å²) in [5, 5.41) is 8.19. The first-order valence-corrected chi connectivity index (χ1v) is 7.45. The molecule has 1 aromatic heterocycles. The lowest BCUT2D eigenvalue weighted by Gasteiger charge is -2.26. The Morgan fingerprint density at radius 2 is 2.24 bits per heavy atom. The van der Waals surface area contributed by atoms with Crippen LogP contribution in [0.4, 0.5) is 5.82 Å². The van der Waals surface area contributed by atoms with E-state index in [1.165, 1.54) is 0 Å². The molecule has 2 rings (SSSR count). The smallest absolute Gasteiger partial charge is 0.132 e. The number of allylic oxidation sites excluding steroid dienone is 2. The first-order chi connectivity index (χ1) is 10.2. The van der Waals surface area contributed by atoms with E-state index in [4.69, 9.17) is 15.9 Å². The van der Waals surface area contributed by atoms with Crippen LogP contribution in [0.2, 0.25) is 0 Å². The van der Waals surface area contributed by atoms with E-state index in [2.05, 4.69) is 16.0 Å². The van der Waals surface area contributed by atoms with Gasteiger partial charge >= 0.3 is 0 Å². The van der Waals surface area contributed by atoms with Crippen LogP contribution in [0, 0.1) is 5.41 Å². The molecule has 0 bridgehead atoms. The van der Waals surface area contributed by atoms with E-state index in [9.17, 15) is 0 Å². The van der Waals surface area contributed by atoms with Gasteiger partial charge < -0.3 is 10.5 Å². The third kappa shape index (κ3) is 4.65. The summed E-state index contributed by atoms with van der Waals surface area (Å²) in [4.78, 5) is 6.46. The zero-order valence-corrected chi connectivity index (χ0v) is 12.6. The number of hydrogen-bond donors (Lipinski definition) is 2. The molecule has 1 aliphatic rings. The molecule has 0 aromatic carbocycles. The fourth-order valence-corrected chi connectivity index (χ4v) is 2.40. The molecular formula is C16H24N4O. The molecule has 21 heavy (non-hydrogen) atoms. The van der Waals surface area contributed by atoms with Gasteiger partial charge in [0.15, 0.2) is 0 Å². The molecule has 0 spiro atoms. The minimum Gasteiger partial charge on any atom is -0.383 e. The highest BCUT2D eigenvalue weighted by Crippen LogP contribution is 2.14. The number of pyridine rings is 1. The van der Waals surface area contributed by atoms with Crippen molar-refractivity contribution < 1.29 is 4.74 Å². The molecule has 2 heterocycles. The van der Waals surface area contributed by atoms with Crippen LogP contribution in [0.5, 0.6) is 0 Å². The number of aromatic nitrogens is 1. The molecule has 5 nitrogen and oxygen atoms in total. The SMILES string of the molecule is C/C(=C\CCCN1CCOCC1)C(=N)c1cccnc1N. The highest BCUT2D eigenvalue weighted by atomic mass is 16.5. The Hall–Kier alpha value is -1.72. The first kappa shape index (κ1) is 15.7. The molecule has 3 N–H and O–H groups in total. The summed E-state index contributed by atoms with van der Waals surface area (Å²) in [6, 6.07) is 3.65. The minimum absolute atomic E-state index is 0.420. The number of nitrogens with zero attached hydrogens (tertiary/aromatic N) is 2. The second-order valence-corrected chi connectivity index (χ2v) is 5.29. The van der Waals surface area contributed by atoms with Crippen LogP contribution in [-0.4, -0.2) is 48.4 Å². The number of nitrogens with two attached hydrogens (primary N) is 1. The van der Waals surface area contributed by atoms with Gasteiger partial charge in [0.05, 0.1) is 18.9 Å². The Morgan fingerprint density at radius 1 is 1.48 bits per heavy atom. The van der Waals surface area contributed by atoms with Crippen LogP contribution in [0.3, 0.4) is 0 Å². The monoisotopic (exact) mass is 288 g/mol. The van der Waals surface area contributed by atoms with E-state index in [1.54, 1.807) is 6.20 Å². The number of nitrogen functional groups attached to an aromatic ring is 1. The third-order valence-electron chi connectivity index (χ3n) is 3.73. The van der Waals surface area contributed by atoms with Crippen molar-refractivity contribution in [3.63, 3.8) is 0 Å². The quantitative estimate of drug-likeness (QED) is 0.621. The van der Waals surface area contributed by atoms with Gasteiger partial charge in [0.1, 0.15) is 5.82 Å². The predicted molar refractivity (Wildman–Crippen MR) is 85.7 cm³/mol. The fraction of sp³-hybridized carbons (Fsp3) is 0.500. The van der Waals surface area contributed by atoms with Crippen molar-refractivity contribution in [1.29, 1.82) is 5.41 Å². The van der Waals surface area contributed by atoms with Gasteiger partial charge in [-0.05, 0) is 44.0 Å². The van der Waals surface area contributed by atoms with Crippen LogP contribution in [0.25, 0.3) is 0 Å². The van der Waals surface area contributed by atoms with Crippen molar-refractivity contribution in [2.24, 2.45) is 0 Å². The van der Waals surface area contributed by atoms with Crippen LogP contribution in [0.15, 0.2) is 30.0 Å². The van der Waals surface area contributed by atoms with Gasteiger partial charge in [0.2, 0.25) is 0 Å². The minimum atomic E-state index is 0.420. The maximum absolute atomic E-state index is 8.19. The Morgan fingerprint density at radius 3 is 2.95 bits per heavy atom. The maximum atomic E-state index is 8.19. The van der Waals surface area contributed by atoms with Crippen LogP contribution < -0.4 is 5.73 Å². The average Bonchev–Trinajstić information content (AvgIpc) is 2.52. The first-order valence-electron chi connectivity index (χ1n) is 7.45. The average molecular weight is 288 g/mol. The van der Waals surface area contributed by atoms with Gasteiger partial charge in [-0.2, -0.15) is 0 Å². The van der Waals surface area contributed by atoms with E-state index in [1.807, 2.05) is 19.1 Å². The number of nitrogens with one attached hydrogen (secondary N) is 1. The molecule has 1 aromatic rings. The molecule has 0 saturated carbocycles. The fourth-order valence-electron chi connectivity index (χ4n) is 2.40. The number of unbranched alkanes of at least 4 members (excludes halogenated alkanes) is 1. The lowest BCUT2D eigenvalue weighted by atomic mass is 10.0. The van der Waals surface area contributed by atoms with E-state index in [0.717, 1.165) is 51.3 Å². The lowest BCUT2D eigenvalue weighted by Crippen LogP contribution is -2.36. The van der Waals surface area contributed by atoms with Crippen molar-refractivity contribution in [1.82, 2.24) is 9.88 Å². The second-order valence-electron chi connectivity index (χ2n) is 5.29. The van der Waals surface area contributed by atoms with Crippen molar-refractivity contribution in [3.05, 3.63) is 35.5 Å². The number of rotatable bonds is 6. The normalized spacial score (nSPS) is 16.9. The molecule has 5 heteroatoms. The van der Waals surface area contributed by atoms with E-state index < -0.39 is 0 Å². The Bertz CT molecular complexity index is 507. The second kappa shape index (κ2) is 7.90. The largest absolute Gasteiger partial charge is 0.383 e. The van der Waals surface area contributed by atoms with Crippen molar-refractivity contribution in [3.8, 4) is 0 Å². The van der Waals surface area contributed by atoms with E-state index >= 15 is 0 Å². The van der Waals surface area contributed by atoms with E-state index in [0.29, 0.717) is 17.1 Å². The molecule has 1 saturated heterocycles. The maximum Gasteiger partial charge on any atom is 0.132 e. The number of ether oxygens (including phenoxy) is 1. The Balaban J connectivity index is 1.80. The van der Waals surface area contributed by atoms with Crippen molar-refractivity contribution >= 4 is 11.5 Å². The van der Waals surface area contributed by atoms with Gasteiger partial charge in [-0.25, -0.2) is 4.98 Å². The zero-order chi connectivity index (χ0) is 15.1. The van der Waals surface area contributed by atoms with Gasteiger partial charge in [-0.1, -0.05) is 6.08 Å². The summed E-state index contributed by atoms with van der Waals surface area (Å²) in [6.07, 6.45) is 5.85. The van der Waals surface area contributed by atoms with Gasteiger partial charge in [-0.3, -0.25) is 10.3 Å². The molecule has 1 fully saturated rings. The molecule has 0 aliphatic carbocycles. The highest BCUT2D eigenvalue weighted by molar-refractivity contribution is 6.12. The standard InChI is InChI=1S/C16H24N4O/c1-13(15(17)14-6-4-7-19-16(14)18)5-2-3-8-20-9-11-21-12-10-20/h4-7,17H,2-3,8-12H2,1H3,(H2,18,19)/b13-5+,17-15?. The van der Waals surface area contributed by atoms with Gasteiger partial charge in [-0.15, -0.1) is 0 Å². The molecule has 0 atom stereocenters. The summed E-state index contributed by atoms with van der Waals surface area (Å²) in [6.45, 7) is 6.81. The summed E-state index contributed by atoms with van der Waals surface area (Å²) < 4.78 is 5.34. The Kier molecular flexibility index (Phi) is 5.90. The molecule has 0 amide bonds. The third-order valence-corrected chi connectivity index (χ3v) is 3.73. The molecule has 0 unspecified atom stereocenters. The van der Waals surface area contributed by atoms with E-state index in [-0.39, 0.29) is 0 Å². The summed E-state index contributed by atoms with van der Waals surface area (Å²) >= 11 is 0. The number of morpholine rings is 1. The van der Waals surface area contributed by atoms with Crippen molar-refractivity contribution in [2.75, 3.05) is 38.6 Å². The molecule has 1 aliphatic heterocycles. The summed E-state index contributed by atoms with van der Waals surface area (Å²) in [5.74, 6) is 0.420. The predicted octanol–water partition coefficient (Wildman–Crippen LogP) is 2.09. The van der Waals surface area contributed by atoms with Crippen LogP contribution in [-0.2, 0) is 4.74 Å². The number of hydrogen-bond acceptors (Lipinski definition) is 5. The van der Waals surface area contributed by atoms with Gasteiger partial charge in [0, 0.05) is 24.8 Å². The van der Waals surface area contributed by atoms with Crippen LogP contribution >= 0.6 is 0 Å². The summed E-state index contributed by atoms with van der Waals surface area (Å²) in [7, 11) is 0. The molecular weight excluding hydrogens is 264 g/mol. The van der Waals surface area contributed by atoms with Crippen molar-refractivity contribution in [2.45, 2.75) is 19.8 Å². The highest BCUT2D eigenvalue weighted by Gasteiger charge is 2.10. The molecule has 114 valence electrons. The zero-order valence-electron chi connectivity index (χ0n) is 12.6. The summed E-state index contributed by atoms with van der Waals surface area (Å²) in [5.41, 5.74) is 7.94. The lowest BCUT2D eigenvalue weighted by molar-refractivity contribution is 0.0375.